The van der Waals surface area contributed by atoms with Gasteiger partial charge in [-0.15, -0.1) is 22.7 Å². The molecule has 5 heteroatoms. The second-order valence-electron chi connectivity index (χ2n) is 4.93. The Kier molecular flexibility index (Phi) is 4.09. The molecule has 2 aromatic heterocycles. The van der Waals surface area contributed by atoms with Crippen molar-refractivity contribution in [2.75, 3.05) is 7.11 Å². The maximum atomic E-state index is 11.5. The molecule has 0 aliphatic rings. The van der Waals surface area contributed by atoms with Crippen LogP contribution in [0.4, 0.5) is 0 Å². The van der Waals surface area contributed by atoms with E-state index in [1.165, 1.54) is 22.4 Å². The Hall–Kier alpha value is -1.98. The first-order valence-corrected chi connectivity index (χ1v) is 8.50. The molecule has 0 saturated carbocycles. The van der Waals surface area contributed by atoms with Gasteiger partial charge in [-0.2, -0.15) is 0 Å². The molecule has 0 saturated heterocycles. The molecule has 0 unspecified atom stereocenters. The van der Waals surface area contributed by atoms with Crippen molar-refractivity contribution in [3.8, 4) is 21.8 Å². The van der Waals surface area contributed by atoms with Crippen LogP contribution in [0.3, 0.4) is 0 Å². The summed E-state index contributed by atoms with van der Waals surface area (Å²) in [5.74, 6) is -0.323. The molecular weight excluding hydrogens is 314 g/mol. The molecule has 3 aromatic rings. The van der Waals surface area contributed by atoms with Crippen LogP contribution >= 0.6 is 22.7 Å². The Morgan fingerprint density at radius 3 is 2.50 bits per heavy atom. The molecule has 3 rings (SSSR count). The zero-order valence-electron chi connectivity index (χ0n) is 12.5. The molecule has 0 aliphatic carbocycles. The van der Waals surface area contributed by atoms with Crippen molar-refractivity contribution in [1.82, 2.24) is 4.98 Å². The first-order valence-electron chi connectivity index (χ1n) is 6.80. The molecule has 0 amide bonds. The number of carbonyl (C=O) groups excluding carboxylic acids is 1. The SMILES string of the molecule is COC(=O)c1ccc(-c2nc(-c3cc(C)sc3C)cs2)cc1. The number of thiazole rings is 1. The van der Waals surface area contributed by atoms with Crippen molar-refractivity contribution < 1.29 is 9.53 Å². The van der Waals surface area contributed by atoms with Gasteiger partial charge in [0.1, 0.15) is 5.01 Å². The zero-order valence-corrected chi connectivity index (χ0v) is 14.2. The number of carbonyl (C=O) groups is 1. The third-order valence-electron chi connectivity index (χ3n) is 3.37. The summed E-state index contributed by atoms with van der Waals surface area (Å²) in [4.78, 5) is 18.8. The number of hydrogen-bond donors (Lipinski definition) is 0. The topological polar surface area (TPSA) is 39.2 Å². The molecule has 1 aromatic carbocycles. The average molecular weight is 329 g/mol. The van der Waals surface area contributed by atoms with Crippen molar-refractivity contribution in [2.45, 2.75) is 13.8 Å². The van der Waals surface area contributed by atoms with Crippen LogP contribution in [-0.4, -0.2) is 18.1 Å². The minimum atomic E-state index is -0.323. The highest BCUT2D eigenvalue weighted by molar-refractivity contribution is 7.14. The van der Waals surface area contributed by atoms with Crippen molar-refractivity contribution in [3.05, 3.63) is 51.0 Å². The van der Waals surface area contributed by atoms with Crippen LogP contribution in [0.2, 0.25) is 0 Å². The van der Waals surface area contributed by atoms with Gasteiger partial charge in [0.25, 0.3) is 0 Å². The molecule has 0 spiro atoms. The lowest BCUT2D eigenvalue weighted by Gasteiger charge is -2.00. The second kappa shape index (κ2) is 6.02. The third kappa shape index (κ3) is 2.82. The lowest BCUT2D eigenvalue weighted by molar-refractivity contribution is 0.0601. The van der Waals surface area contributed by atoms with E-state index >= 15 is 0 Å². The Balaban J connectivity index is 1.90. The Morgan fingerprint density at radius 2 is 1.91 bits per heavy atom. The van der Waals surface area contributed by atoms with Crippen LogP contribution in [0.25, 0.3) is 21.8 Å². The van der Waals surface area contributed by atoms with Crippen LogP contribution in [-0.2, 0) is 4.74 Å². The second-order valence-corrected chi connectivity index (χ2v) is 7.25. The molecule has 0 N–H and O–H groups in total. The largest absolute Gasteiger partial charge is 0.465 e. The molecule has 22 heavy (non-hydrogen) atoms. The number of esters is 1. The third-order valence-corrected chi connectivity index (χ3v) is 5.23. The van der Waals surface area contributed by atoms with Gasteiger partial charge < -0.3 is 4.74 Å². The van der Waals surface area contributed by atoms with Crippen LogP contribution in [0, 0.1) is 13.8 Å². The number of methoxy groups -OCH3 is 1. The van der Waals surface area contributed by atoms with Gasteiger partial charge in [0.05, 0.1) is 18.4 Å². The standard InChI is InChI=1S/C17H15NO2S2/c1-10-8-14(11(2)22-10)15-9-21-16(18-15)12-4-6-13(7-5-12)17(19)20-3/h4-9H,1-3H3. The summed E-state index contributed by atoms with van der Waals surface area (Å²) >= 11 is 3.40. The van der Waals surface area contributed by atoms with E-state index in [0.717, 1.165) is 16.3 Å². The summed E-state index contributed by atoms with van der Waals surface area (Å²) in [5, 5.41) is 3.03. The maximum Gasteiger partial charge on any atom is 0.337 e. The number of ether oxygens (including phenoxy) is 1. The van der Waals surface area contributed by atoms with E-state index in [0.29, 0.717) is 5.56 Å². The van der Waals surface area contributed by atoms with Gasteiger partial charge in [-0.3, -0.25) is 0 Å². The number of thiophene rings is 1. The van der Waals surface area contributed by atoms with Crippen molar-refractivity contribution in [2.24, 2.45) is 0 Å². The number of aryl methyl sites for hydroxylation is 2. The van der Waals surface area contributed by atoms with Gasteiger partial charge in [0.2, 0.25) is 0 Å². The highest BCUT2D eigenvalue weighted by Gasteiger charge is 2.12. The fraction of sp³-hybridized carbons (Fsp3) is 0.176. The smallest absolute Gasteiger partial charge is 0.337 e. The number of rotatable bonds is 3. The first-order chi connectivity index (χ1) is 10.6. The van der Waals surface area contributed by atoms with Crippen LogP contribution in [0.1, 0.15) is 20.1 Å². The summed E-state index contributed by atoms with van der Waals surface area (Å²) in [6.07, 6.45) is 0. The Morgan fingerprint density at radius 1 is 1.18 bits per heavy atom. The average Bonchev–Trinajstić information content (AvgIpc) is 3.13. The Labute approximate surface area is 137 Å². The summed E-state index contributed by atoms with van der Waals surface area (Å²) < 4.78 is 4.71. The lowest BCUT2D eigenvalue weighted by Crippen LogP contribution is -2.00. The molecule has 0 aliphatic heterocycles. The van der Waals surface area contributed by atoms with E-state index in [9.17, 15) is 4.79 Å². The summed E-state index contributed by atoms with van der Waals surface area (Å²) in [7, 11) is 1.38. The van der Waals surface area contributed by atoms with Crippen molar-refractivity contribution in [1.29, 1.82) is 0 Å². The highest BCUT2D eigenvalue weighted by atomic mass is 32.1. The molecule has 0 radical (unpaired) electrons. The van der Waals surface area contributed by atoms with E-state index in [-0.39, 0.29) is 5.97 Å². The predicted octanol–water partition coefficient (Wildman–Crippen LogP) is 4.94. The van der Waals surface area contributed by atoms with Gasteiger partial charge in [-0.25, -0.2) is 9.78 Å². The van der Waals surface area contributed by atoms with E-state index in [2.05, 4.69) is 25.3 Å². The zero-order chi connectivity index (χ0) is 15.7. The van der Waals surface area contributed by atoms with Crippen LogP contribution < -0.4 is 0 Å². The minimum Gasteiger partial charge on any atom is -0.465 e. The highest BCUT2D eigenvalue weighted by Crippen LogP contribution is 2.34. The minimum absolute atomic E-state index is 0.323. The monoisotopic (exact) mass is 329 g/mol. The molecule has 3 nitrogen and oxygen atoms in total. The molecule has 112 valence electrons. The van der Waals surface area contributed by atoms with Crippen molar-refractivity contribution in [3.63, 3.8) is 0 Å². The fourth-order valence-corrected chi connectivity index (χ4v) is 4.04. The van der Waals surface area contributed by atoms with E-state index < -0.39 is 0 Å². The lowest BCUT2D eigenvalue weighted by atomic mass is 10.1. The number of benzene rings is 1. The fourth-order valence-electron chi connectivity index (χ4n) is 2.28. The number of hydrogen-bond acceptors (Lipinski definition) is 5. The van der Waals surface area contributed by atoms with E-state index in [1.807, 2.05) is 12.1 Å². The quantitative estimate of drug-likeness (QED) is 0.639. The molecule has 0 bridgehead atoms. The molecular formula is C17H15NO2S2. The molecule has 0 fully saturated rings. The van der Waals surface area contributed by atoms with E-state index in [4.69, 9.17) is 9.72 Å². The molecule has 2 heterocycles. The van der Waals surface area contributed by atoms with E-state index in [1.54, 1.807) is 34.8 Å². The normalized spacial score (nSPS) is 10.7. The van der Waals surface area contributed by atoms with Crippen LogP contribution in [0.15, 0.2) is 35.7 Å². The summed E-state index contributed by atoms with van der Waals surface area (Å²) in [5.41, 5.74) is 3.77. The van der Waals surface area contributed by atoms with Gasteiger partial charge in [-0.1, -0.05) is 12.1 Å². The first kappa shape index (κ1) is 14.9. The van der Waals surface area contributed by atoms with Gasteiger partial charge in [0, 0.05) is 26.3 Å². The van der Waals surface area contributed by atoms with Crippen LogP contribution in [0.5, 0.6) is 0 Å². The molecule has 0 atom stereocenters. The number of nitrogens with zero attached hydrogens (tertiary/aromatic N) is 1. The summed E-state index contributed by atoms with van der Waals surface area (Å²) in [6.45, 7) is 4.23. The maximum absolute atomic E-state index is 11.5. The summed E-state index contributed by atoms with van der Waals surface area (Å²) in [6, 6.07) is 9.52. The van der Waals surface area contributed by atoms with Gasteiger partial charge >= 0.3 is 5.97 Å². The Bertz CT molecular complexity index is 816. The van der Waals surface area contributed by atoms with Crippen molar-refractivity contribution >= 4 is 28.6 Å². The van der Waals surface area contributed by atoms with Gasteiger partial charge in [0.15, 0.2) is 0 Å². The number of aromatic nitrogens is 1. The predicted molar refractivity (Wildman–Crippen MR) is 91.7 cm³/mol. The van der Waals surface area contributed by atoms with Gasteiger partial charge in [-0.05, 0) is 32.0 Å².